The molecule has 18 heavy (non-hydrogen) atoms. The number of hydrogen-bond acceptors (Lipinski definition) is 6. The summed E-state index contributed by atoms with van der Waals surface area (Å²) in [6.07, 6.45) is 0.596. The molecule has 0 aliphatic carbocycles. The Kier molecular flexibility index (Phi) is 11.4. The molecule has 1 rings (SSSR count). The molecule has 0 saturated heterocycles. The number of rotatable bonds is 4. The standard InChI is InChI=1S/C7H6O3.C4H9NO2.Mg/c8-6-4-2-1-3-5(6)7(9)10;5-3-1-2-4(6)7;/h1-4,8H,(H,9,10);1-3,5H2,(H,6,7);/q;;+2/p-2. The van der Waals surface area contributed by atoms with Gasteiger partial charge in [-0.1, -0.05) is 12.1 Å². The molecule has 0 aromatic heterocycles. The molecule has 0 atom stereocenters. The van der Waals surface area contributed by atoms with E-state index in [9.17, 15) is 19.8 Å². The number of phenols is 1. The summed E-state index contributed by atoms with van der Waals surface area (Å²) < 4.78 is 0. The van der Waals surface area contributed by atoms with Crippen molar-refractivity contribution in [1.29, 1.82) is 0 Å². The molecule has 0 bridgehead atoms. The molecule has 0 radical (unpaired) electrons. The summed E-state index contributed by atoms with van der Waals surface area (Å²) in [5.41, 5.74) is 4.81. The second-order valence-electron chi connectivity index (χ2n) is 3.07. The van der Waals surface area contributed by atoms with E-state index >= 15 is 0 Å². The fourth-order valence-corrected chi connectivity index (χ4v) is 0.893. The van der Waals surface area contributed by atoms with Gasteiger partial charge in [0, 0.05) is 11.5 Å². The first kappa shape index (κ1) is 19.0. The van der Waals surface area contributed by atoms with Crippen molar-refractivity contribution in [2.24, 2.45) is 5.73 Å². The smallest absolute Gasteiger partial charge is 0.550 e. The van der Waals surface area contributed by atoms with Crippen molar-refractivity contribution < 1.29 is 24.9 Å². The Morgan fingerprint density at radius 1 is 1.22 bits per heavy atom. The van der Waals surface area contributed by atoms with E-state index < -0.39 is 11.9 Å². The molecular weight excluding hydrogens is 250 g/mol. The average molecular weight is 264 g/mol. The van der Waals surface area contributed by atoms with Crippen LogP contribution in [0.1, 0.15) is 23.2 Å². The Hall–Kier alpha value is -1.31. The number of aliphatic carboxylic acids is 1. The van der Waals surface area contributed by atoms with Crippen LogP contribution >= 0.6 is 0 Å². The Balaban J connectivity index is 0. The largest absolute Gasteiger partial charge is 2.00 e. The predicted molar refractivity (Wildman–Crippen MR) is 61.5 cm³/mol. The summed E-state index contributed by atoms with van der Waals surface area (Å²) in [6.45, 7) is 0.425. The molecule has 0 aliphatic rings. The third-order valence-electron chi connectivity index (χ3n) is 1.71. The molecule has 0 amide bonds. The van der Waals surface area contributed by atoms with Crippen molar-refractivity contribution in [2.75, 3.05) is 6.54 Å². The molecule has 0 heterocycles. The SMILES string of the molecule is NCCCC(=O)[O-].O=C([O-])c1ccccc1O.[Mg+2]. The van der Waals surface area contributed by atoms with Crippen molar-refractivity contribution in [3.8, 4) is 5.75 Å². The second kappa shape index (κ2) is 10.8. The minimum Gasteiger partial charge on any atom is -0.550 e. The number of carbonyl (C=O) groups is 2. The monoisotopic (exact) mass is 263 g/mol. The van der Waals surface area contributed by atoms with E-state index in [1.165, 1.54) is 18.2 Å². The molecule has 1 aromatic carbocycles. The van der Waals surface area contributed by atoms with Crippen molar-refractivity contribution >= 4 is 35.0 Å². The first-order valence-corrected chi connectivity index (χ1v) is 4.88. The zero-order valence-corrected chi connectivity index (χ0v) is 11.2. The molecule has 0 spiro atoms. The molecule has 0 aliphatic heterocycles. The molecule has 1 aromatic rings. The van der Waals surface area contributed by atoms with Gasteiger partial charge in [0.05, 0.1) is 5.97 Å². The zero-order valence-electron chi connectivity index (χ0n) is 9.80. The molecular formula is C11H13MgNO5. The fraction of sp³-hybridized carbons (Fsp3) is 0.273. The van der Waals surface area contributed by atoms with Gasteiger partial charge in [-0.2, -0.15) is 0 Å². The maximum absolute atomic E-state index is 10.2. The number of carboxylic acid groups (broad SMARTS) is 2. The molecule has 7 heteroatoms. The van der Waals surface area contributed by atoms with Crippen LogP contribution in [0.4, 0.5) is 0 Å². The van der Waals surface area contributed by atoms with E-state index in [4.69, 9.17) is 10.8 Å². The van der Waals surface area contributed by atoms with Crippen molar-refractivity contribution in [1.82, 2.24) is 0 Å². The fourth-order valence-electron chi connectivity index (χ4n) is 0.893. The van der Waals surface area contributed by atoms with Gasteiger partial charge in [-0.05, 0) is 31.5 Å². The normalized spacial score (nSPS) is 8.50. The molecule has 0 saturated carbocycles. The number of carbonyl (C=O) groups excluding carboxylic acids is 2. The van der Waals surface area contributed by atoms with Crippen molar-refractivity contribution in [2.45, 2.75) is 12.8 Å². The van der Waals surface area contributed by atoms with Gasteiger partial charge in [-0.15, -0.1) is 0 Å². The molecule has 0 unspecified atom stereocenters. The first-order valence-electron chi connectivity index (χ1n) is 4.88. The van der Waals surface area contributed by atoms with Crippen LogP contribution in [-0.4, -0.2) is 46.6 Å². The minimum absolute atomic E-state index is 0. The number of nitrogens with two attached hydrogens (primary N) is 1. The number of aromatic hydroxyl groups is 1. The Labute approximate surface area is 121 Å². The van der Waals surface area contributed by atoms with Crippen LogP contribution in [0, 0.1) is 0 Å². The third kappa shape index (κ3) is 8.79. The van der Waals surface area contributed by atoms with E-state index in [1.54, 1.807) is 6.07 Å². The predicted octanol–water partition coefficient (Wildman–Crippen LogP) is -2.15. The number of hydrogen-bond donors (Lipinski definition) is 2. The quantitative estimate of drug-likeness (QED) is 0.596. The number of benzene rings is 1. The molecule has 6 nitrogen and oxygen atoms in total. The van der Waals surface area contributed by atoms with Crippen molar-refractivity contribution in [3.63, 3.8) is 0 Å². The number of para-hydroxylation sites is 1. The van der Waals surface area contributed by atoms with E-state index in [0.29, 0.717) is 13.0 Å². The van der Waals surface area contributed by atoms with Gasteiger partial charge in [0.2, 0.25) is 0 Å². The third-order valence-corrected chi connectivity index (χ3v) is 1.71. The van der Waals surface area contributed by atoms with Crippen LogP contribution in [0.5, 0.6) is 5.75 Å². The summed E-state index contributed by atoms with van der Waals surface area (Å²) in [5, 5.41) is 28.6. The number of carboxylic acids is 2. The van der Waals surface area contributed by atoms with E-state index in [2.05, 4.69) is 0 Å². The van der Waals surface area contributed by atoms with E-state index in [0.717, 1.165) is 0 Å². The molecule has 3 N–H and O–H groups in total. The van der Waals surface area contributed by atoms with Crippen LogP contribution in [-0.2, 0) is 4.79 Å². The Morgan fingerprint density at radius 3 is 2.06 bits per heavy atom. The van der Waals surface area contributed by atoms with Crippen molar-refractivity contribution in [3.05, 3.63) is 29.8 Å². The van der Waals surface area contributed by atoms with Gasteiger partial charge >= 0.3 is 23.1 Å². The summed E-state index contributed by atoms with van der Waals surface area (Å²) in [4.78, 5) is 19.7. The summed E-state index contributed by atoms with van der Waals surface area (Å²) in [6, 6.07) is 5.64. The second-order valence-corrected chi connectivity index (χ2v) is 3.07. The summed E-state index contributed by atoms with van der Waals surface area (Å²) in [5.74, 6) is -2.65. The van der Waals surface area contributed by atoms with Crippen LogP contribution in [0.3, 0.4) is 0 Å². The number of aromatic carboxylic acids is 1. The first-order chi connectivity index (χ1) is 7.99. The Bertz CT molecular complexity index is 383. The van der Waals surface area contributed by atoms with Crippen LogP contribution in [0.2, 0.25) is 0 Å². The van der Waals surface area contributed by atoms with Gasteiger partial charge in [-0.25, -0.2) is 0 Å². The maximum atomic E-state index is 10.2. The maximum Gasteiger partial charge on any atom is 2.00 e. The van der Waals surface area contributed by atoms with Crippen LogP contribution in [0.15, 0.2) is 24.3 Å². The van der Waals surface area contributed by atoms with Gasteiger partial charge in [0.15, 0.2) is 0 Å². The Morgan fingerprint density at radius 2 is 1.78 bits per heavy atom. The topological polar surface area (TPSA) is 127 Å². The summed E-state index contributed by atoms with van der Waals surface area (Å²) >= 11 is 0. The van der Waals surface area contributed by atoms with Gasteiger partial charge in [-0.3, -0.25) is 0 Å². The summed E-state index contributed by atoms with van der Waals surface area (Å²) in [7, 11) is 0. The zero-order chi connectivity index (χ0) is 13.3. The minimum atomic E-state index is -1.36. The van der Waals surface area contributed by atoms with Crippen LogP contribution in [0.25, 0.3) is 0 Å². The van der Waals surface area contributed by atoms with Crippen LogP contribution < -0.4 is 15.9 Å². The van der Waals surface area contributed by atoms with E-state index in [1.807, 2.05) is 0 Å². The molecule has 0 fully saturated rings. The molecule has 94 valence electrons. The van der Waals surface area contributed by atoms with E-state index in [-0.39, 0.29) is 40.8 Å². The average Bonchev–Trinajstić information content (AvgIpc) is 2.27. The van der Waals surface area contributed by atoms with Gasteiger partial charge in [0.25, 0.3) is 0 Å². The van der Waals surface area contributed by atoms with Gasteiger partial charge < -0.3 is 30.6 Å². The van der Waals surface area contributed by atoms with Gasteiger partial charge in [0.1, 0.15) is 5.75 Å².